The monoisotopic (exact) mass is 169 g/mol. The molecule has 0 saturated heterocycles. The molecule has 0 aliphatic heterocycles. The van der Waals surface area contributed by atoms with Gasteiger partial charge in [0.2, 0.25) is 0 Å². The number of nitrogens with two attached hydrogens (primary N) is 1. The summed E-state index contributed by atoms with van der Waals surface area (Å²) >= 11 is 0. The van der Waals surface area contributed by atoms with Gasteiger partial charge >= 0.3 is 0 Å². The Morgan fingerprint density at radius 1 is 1.58 bits per heavy atom. The first-order valence-corrected chi connectivity index (χ1v) is 3.78. The van der Waals surface area contributed by atoms with E-state index in [0.29, 0.717) is 5.70 Å². The fraction of sp³-hybridized carbons (Fsp3) is 0.500. The van der Waals surface area contributed by atoms with Crippen LogP contribution in [0.25, 0.3) is 0 Å². The van der Waals surface area contributed by atoms with Gasteiger partial charge in [0.1, 0.15) is 5.70 Å². The van der Waals surface area contributed by atoms with Crippen LogP contribution in [0.3, 0.4) is 0 Å². The number of primary amides is 1. The predicted molar refractivity (Wildman–Crippen MR) is 49.7 cm³/mol. The minimum atomic E-state index is -0.491. The van der Waals surface area contributed by atoms with Crippen LogP contribution in [0.15, 0.2) is 16.8 Å². The van der Waals surface area contributed by atoms with Gasteiger partial charge in [0.05, 0.1) is 6.34 Å². The number of carbonyl (C=O) groups is 1. The number of aliphatic imine (C=N–C) groups is 1. The van der Waals surface area contributed by atoms with E-state index in [1.807, 2.05) is 21.0 Å². The molecule has 2 N–H and O–H groups in total. The standard InChI is InChI=1S/C8H15N3O/c1-4-5-7(8(9)12)10-6-11(2)3/h5-6H,4H2,1-3H3,(H2,9,12)/b7-5+,10-6?. The lowest BCUT2D eigenvalue weighted by Gasteiger charge is -2.02. The number of allylic oxidation sites excluding steroid dienone is 1. The highest BCUT2D eigenvalue weighted by Gasteiger charge is 1.99. The molecule has 4 heteroatoms. The van der Waals surface area contributed by atoms with Crippen LogP contribution in [0.2, 0.25) is 0 Å². The van der Waals surface area contributed by atoms with Gasteiger partial charge in [-0.3, -0.25) is 4.79 Å². The second kappa shape index (κ2) is 5.35. The van der Waals surface area contributed by atoms with Gasteiger partial charge in [-0.2, -0.15) is 0 Å². The van der Waals surface area contributed by atoms with E-state index in [0.717, 1.165) is 6.42 Å². The van der Waals surface area contributed by atoms with E-state index in [-0.39, 0.29) is 0 Å². The Balaban J connectivity index is 4.34. The van der Waals surface area contributed by atoms with Crippen LogP contribution in [-0.2, 0) is 4.79 Å². The van der Waals surface area contributed by atoms with Gasteiger partial charge in [0.25, 0.3) is 5.91 Å². The Hall–Kier alpha value is -1.32. The van der Waals surface area contributed by atoms with Gasteiger partial charge in [-0.1, -0.05) is 13.0 Å². The first kappa shape index (κ1) is 10.7. The summed E-state index contributed by atoms with van der Waals surface area (Å²) in [5.74, 6) is -0.491. The third-order valence-corrected chi connectivity index (χ3v) is 1.08. The van der Waals surface area contributed by atoms with Crippen molar-refractivity contribution in [2.24, 2.45) is 10.7 Å². The molecule has 0 fully saturated rings. The molecule has 0 heterocycles. The molecule has 0 bridgehead atoms. The molecule has 0 spiro atoms. The van der Waals surface area contributed by atoms with Crippen LogP contribution in [0.1, 0.15) is 13.3 Å². The topological polar surface area (TPSA) is 58.7 Å². The molecule has 0 aromatic rings. The number of rotatable bonds is 4. The molecule has 0 unspecified atom stereocenters. The van der Waals surface area contributed by atoms with Gasteiger partial charge in [0.15, 0.2) is 0 Å². The minimum Gasteiger partial charge on any atom is -0.369 e. The van der Waals surface area contributed by atoms with Crippen molar-refractivity contribution < 1.29 is 4.79 Å². The third-order valence-electron chi connectivity index (χ3n) is 1.08. The smallest absolute Gasteiger partial charge is 0.267 e. The van der Waals surface area contributed by atoms with Crippen LogP contribution in [0.5, 0.6) is 0 Å². The van der Waals surface area contributed by atoms with E-state index >= 15 is 0 Å². The lowest BCUT2D eigenvalue weighted by atomic mass is 10.3. The Kier molecular flexibility index (Phi) is 4.76. The molecule has 0 aliphatic carbocycles. The first-order valence-electron chi connectivity index (χ1n) is 3.78. The van der Waals surface area contributed by atoms with Crippen LogP contribution < -0.4 is 5.73 Å². The maximum atomic E-state index is 10.7. The highest BCUT2D eigenvalue weighted by molar-refractivity contribution is 5.92. The van der Waals surface area contributed by atoms with E-state index in [2.05, 4.69) is 4.99 Å². The van der Waals surface area contributed by atoms with Crippen molar-refractivity contribution in [2.45, 2.75) is 13.3 Å². The van der Waals surface area contributed by atoms with E-state index in [9.17, 15) is 4.79 Å². The predicted octanol–water partition coefficient (Wildman–Crippen LogP) is 0.356. The summed E-state index contributed by atoms with van der Waals surface area (Å²) in [4.78, 5) is 16.4. The molecule has 68 valence electrons. The van der Waals surface area contributed by atoms with E-state index in [1.165, 1.54) is 0 Å². The average molecular weight is 169 g/mol. The summed E-state index contributed by atoms with van der Waals surface area (Å²) in [6, 6.07) is 0. The molecule has 0 rings (SSSR count). The molecule has 12 heavy (non-hydrogen) atoms. The Morgan fingerprint density at radius 2 is 2.17 bits per heavy atom. The third kappa shape index (κ3) is 4.49. The number of hydrogen-bond acceptors (Lipinski definition) is 2. The number of hydrogen-bond donors (Lipinski definition) is 1. The van der Waals surface area contributed by atoms with Crippen molar-refractivity contribution in [1.29, 1.82) is 0 Å². The van der Waals surface area contributed by atoms with Crippen molar-refractivity contribution in [3.63, 3.8) is 0 Å². The minimum absolute atomic E-state index is 0.311. The van der Waals surface area contributed by atoms with E-state index in [4.69, 9.17) is 5.73 Å². The second-order valence-corrected chi connectivity index (χ2v) is 2.57. The van der Waals surface area contributed by atoms with Gasteiger partial charge in [-0.15, -0.1) is 0 Å². The molecule has 0 atom stereocenters. The Bertz CT molecular complexity index is 206. The maximum absolute atomic E-state index is 10.7. The summed E-state index contributed by atoms with van der Waals surface area (Å²) in [6.07, 6.45) is 4.00. The van der Waals surface area contributed by atoms with Crippen molar-refractivity contribution in [3.05, 3.63) is 11.8 Å². The van der Waals surface area contributed by atoms with Crippen molar-refractivity contribution >= 4 is 12.2 Å². The molecule has 4 nitrogen and oxygen atoms in total. The fourth-order valence-electron chi connectivity index (χ4n) is 0.588. The van der Waals surface area contributed by atoms with Gasteiger partial charge in [-0.05, 0) is 6.42 Å². The van der Waals surface area contributed by atoms with Crippen molar-refractivity contribution in [1.82, 2.24) is 4.90 Å². The zero-order valence-corrected chi connectivity index (χ0v) is 7.74. The summed E-state index contributed by atoms with van der Waals surface area (Å²) in [5, 5.41) is 0. The van der Waals surface area contributed by atoms with Gasteiger partial charge in [-0.25, -0.2) is 4.99 Å². The molecule has 1 amide bonds. The van der Waals surface area contributed by atoms with Crippen molar-refractivity contribution in [2.75, 3.05) is 14.1 Å². The summed E-state index contributed by atoms with van der Waals surface area (Å²) in [5.41, 5.74) is 5.38. The molecule has 0 radical (unpaired) electrons. The maximum Gasteiger partial charge on any atom is 0.267 e. The van der Waals surface area contributed by atoms with Crippen molar-refractivity contribution in [3.8, 4) is 0 Å². The SMILES string of the molecule is CC/C=C(/N=CN(C)C)C(N)=O. The summed E-state index contributed by atoms with van der Waals surface area (Å²) in [7, 11) is 3.65. The van der Waals surface area contributed by atoms with Crippen LogP contribution in [0.4, 0.5) is 0 Å². The molecule has 0 aromatic carbocycles. The van der Waals surface area contributed by atoms with Gasteiger partial charge < -0.3 is 10.6 Å². The molecular weight excluding hydrogens is 154 g/mol. The highest BCUT2D eigenvalue weighted by atomic mass is 16.1. The average Bonchev–Trinajstić information content (AvgIpc) is 1.96. The number of carbonyl (C=O) groups excluding carboxylic acids is 1. The summed E-state index contributed by atoms with van der Waals surface area (Å²) < 4.78 is 0. The zero-order chi connectivity index (χ0) is 9.56. The lowest BCUT2D eigenvalue weighted by molar-refractivity contribution is -0.114. The Morgan fingerprint density at radius 3 is 2.50 bits per heavy atom. The number of nitrogens with zero attached hydrogens (tertiary/aromatic N) is 2. The number of amides is 1. The molecule has 0 saturated carbocycles. The molecular formula is C8H15N3O. The first-order chi connectivity index (χ1) is 5.57. The van der Waals surface area contributed by atoms with Crippen LogP contribution in [-0.4, -0.2) is 31.2 Å². The molecule has 0 aromatic heterocycles. The van der Waals surface area contributed by atoms with Gasteiger partial charge in [0, 0.05) is 14.1 Å². The molecule has 0 aliphatic rings. The second-order valence-electron chi connectivity index (χ2n) is 2.57. The highest BCUT2D eigenvalue weighted by Crippen LogP contribution is 1.96. The van der Waals surface area contributed by atoms with Crippen LogP contribution >= 0.6 is 0 Å². The fourth-order valence-corrected chi connectivity index (χ4v) is 0.588. The van der Waals surface area contributed by atoms with E-state index < -0.39 is 5.91 Å². The zero-order valence-electron chi connectivity index (χ0n) is 7.74. The summed E-state index contributed by atoms with van der Waals surface area (Å²) in [6.45, 7) is 1.92. The van der Waals surface area contributed by atoms with E-state index in [1.54, 1.807) is 17.3 Å². The largest absolute Gasteiger partial charge is 0.369 e. The lowest BCUT2D eigenvalue weighted by Crippen LogP contribution is -2.15. The normalized spacial score (nSPS) is 12.1. The van der Waals surface area contributed by atoms with Crippen LogP contribution in [0, 0.1) is 0 Å². The quantitative estimate of drug-likeness (QED) is 0.375. The Labute approximate surface area is 72.8 Å².